The monoisotopic (exact) mass is 249 g/mol. The van der Waals surface area contributed by atoms with E-state index in [4.69, 9.17) is 0 Å². The zero-order valence-corrected chi connectivity index (χ0v) is 11.5. The van der Waals surface area contributed by atoms with Crippen molar-refractivity contribution in [2.24, 2.45) is 11.8 Å². The zero-order chi connectivity index (χ0) is 13.0. The van der Waals surface area contributed by atoms with Crippen molar-refractivity contribution in [1.29, 1.82) is 0 Å². The number of halogens is 1. The Bertz CT molecular complexity index is 352. The second-order valence-corrected chi connectivity index (χ2v) is 5.81. The van der Waals surface area contributed by atoms with Crippen LogP contribution >= 0.6 is 0 Å². The molecular weight excluding hydrogens is 225 g/mol. The molecule has 18 heavy (non-hydrogen) atoms. The minimum absolute atomic E-state index is 0.160. The van der Waals surface area contributed by atoms with Gasteiger partial charge < -0.3 is 5.32 Å². The van der Waals surface area contributed by atoms with Crippen molar-refractivity contribution in [3.05, 3.63) is 35.6 Å². The van der Waals surface area contributed by atoms with E-state index in [9.17, 15) is 4.39 Å². The van der Waals surface area contributed by atoms with E-state index in [2.05, 4.69) is 19.2 Å². The van der Waals surface area contributed by atoms with Gasteiger partial charge in [0.15, 0.2) is 0 Å². The van der Waals surface area contributed by atoms with Crippen LogP contribution in [0.2, 0.25) is 0 Å². The predicted molar refractivity (Wildman–Crippen MR) is 73.9 cm³/mol. The number of hydrogen-bond donors (Lipinski definition) is 1. The SMILES string of the molecule is CC1CCC(CN[C@@H](C)c2ccc(F)cc2)CC1. The molecular formula is C16H24FN. The van der Waals surface area contributed by atoms with Crippen molar-refractivity contribution in [2.75, 3.05) is 6.54 Å². The van der Waals surface area contributed by atoms with Crippen LogP contribution in [0.4, 0.5) is 4.39 Å². The average Bonchev–Trinajstić information content (AvgIpc) is 2.38. The van der Waals surface area contributed by atoms with Crippen LogP contribution in [-0.4, -0.2) is 6.54 Å². The summed E-state index contributed by atoms with van der Waals surface area (Å²) in [6.07, 6.45) is 5.45. The standard InChI is InChI=1S/C16H24FN/c1-12-3-5-14(6-4-12)11-18-13(2)15-7-9-16(17)10-8-15/h7-10,12-14,18H,3-6,11H2,1-2H3/t12?,13-,14?/m0/s1. The van der Waals surface area contributed by atoms with E-state index in [-0.39, 0.29) is 5.82 Å². The predicted octanol–water partition coefficient (Wildman–Crippen LogP) is 4.30. The molecule has 1 N–H and O–H groups in total. The second kappa shape index (κ2) is 6.33. The van der Waals surface area contributed by atoms with Gasteiger partial charge in [-0.25, -0.2) is 4.39 Å². The molecule has 0 bridgehead atoms. The molecule has 1 fully saturated rings. The highest BCUT2D eigenvalue weighted by Crippen LogP contribution is 2.28. The molecule has 2 rings (SSSR count). The van der Waals surface area contributed by atoms with Crippen LogP contribution in [0.3, 0.4) is 0 Å². The van der Waals surface area contributed by atoms with Crippen molar-refractivity contribution in [1.82, 2.24) is 5.32 Å². The van der Waals surface area contributed by atoms with Crippen LogP contribution in [-0.2, 0) is 0 Å². The van der Waals surface area contributed by atoms with Crippen molar-refractivity contribution in [3.63, 3.8) is 0 Å². The number of hydrogen-bond acceptors (Lipinski definition) is 1. The van der Waals surface area contributed by atoms with Crippen LogP contribution < -0.4 is 5.32 Å². The lowest BCUT2D eigenvalue weighted by molar-refractivity contribution is 0.276. The molecule has 1 aromatic carbocycles. The van der Waals surface area contributed by atoms with Gasteiger partial charge in [0.25, 0.3) is 0 Å². The first-order valence-corrected chi connectivity index (χ1v) is 7.14. The molecule has 0 aromatic heterocycles. The number of benzene rings is 1. The summed E-state index contributed by atoms with van der Waals surface area (Å²) in [5.74, 6) is 1.58. The maximum Gasteiger partial charge on any atom is 0.123 e. The first kappa shape index (κ1) is 13.5. The van der Waals surface area contributed by atoms with Gasteiger partial charge in [-0.15, -0.1) is 0 Å². The first-order chi connectivity index (χ1) is 8.65. The molecule has 2 heteroatoms. The fraction of sp³-hybridized carbons (Fsp3) is 0.625. The van der Waals surface area contributed by atoms with Crippen molar-refractivity contribution < 1.29 is 4.39 Å². The summed E-state index contributed by atoms with van der Waals surface area (Å²) >= 11 is 0. The van der Waals surface area contributed by atoms with E-state index < -0.39 is 0 Å². The Labute approximate surface area is 110 Å². The highest BCUT2D eigenvalue weighted by molar-refractivity contribution is 5.19. The topological polar surface area (TPSA) is 12.0 Å². The summed E-state index contributed by atoms with van der Waals surface area (Å²) in [6.45, 7) is 5.59. The number of nitrogens with one attached hydrogen (secondary N) is 1. The summed E-state index contributed by atoms with van der Waals surface area (Å²) in [7, 11) is 0. The average molecular weight is 249 g/mol. The maximum absolute atomic E-state index is 12.8. The van der Waals surface area contributed by atoms with Crippen LogP contribution in [0, 0.1) is 17.7 Å². The Morgan fingerprint density at radius 3 is 2.39 bits per heavy atom. The Morgan fingerprint density at radius 2 is 1.78 bits per heavy atom. The van der Waals surface area contributed by atoms with Crippen LogP contribution in [0.1, 0.15) is 51.1 Å². The normalized spacial score (nSPS) is 25.9. The lowest BCUT2D eigenvalue weighted by Crippen LogP contribution is -2.28. The highest BCUT2D eigenvalue weighted by atomic mass is 19.1. The smallest absolute Gasteiger partial charge is 0.123 e. The molecule has 1 aliphatic rings. The Kier molecular flexibility index (Phi) is 4.76. The van der Waals surface area contributed by atoms with Gasteiger partial charge in [0.05, 0.1) is 0 Å². The Balaban J connectivity index is 1.77. The molecule has 0 saturated heterocycles. The van der Waals surface area contributed by atoms with Crippen LogP contribution in [0.25, 0.3) is 0 Å². The van der Waals surface area contributed by atoms with E-state index >= 15 is 0 Å². The quantitative estimate of drug-likeness (QED) is 0.838. The molecule has 1 saturated carbocycles. The molecule has 1 aromatic rings. The van der Waals surface area contributed by atoms with Crippen LogP contribution in [0.5, 0.6) is 0 Å². The molecule has 1 nitrogen and oxygen atoms in total. The Hall–Kier alpha value is -0.890. The van der Waals surface area contributed by atoms with E-state index in [0.717, 1.165) is 18.4 Å². The highest BCUT2D eigenvalue weighted by Gasteiger charge is 2.18. The van der Waals surface area contributed by atoms with E-state index in [1.165, 1.54) is 43.4 Å². The summed E-state index contributed by atoms with van der Waals surface area (Å²) in [4.78, 5) is 0. The van der Waals surface area contributed by atoms with Gasteiger partial charge in [-0.05, 0) is 55.8 Å². The largest absolute Gasteiger partial charge is 0.310 e. The zero-order valence-electron chi connectivity index (χ0n) is 11.5. The fourth-order valence-corrected chi connectivity index (χ4v) is 2.75. The van der Waals surface area contributed by atoms with Crippen molar-refractivity contribution in [3.8, 4) is 0 Å². The summed E-state index contributed by atoms with van der Waals surface area (Å²) < 4.78 is 12.8. The molecule has 1 aliphatic carbocycles. The van der Waals surface area contributed by atoms with Gasteiger partial charge in [-0.2, -0.15) is 0 Å². The maximum atomic E-state index is 12.8. The molecule has 0 radical (unpaired) electrons. The van der Waals surface area contributed by atoms with E-state index in [1.54, 1.807) is 0 Å². The van der Waals surface area contributed by atoms with Gasteiger partial charge in [-0.3, -0.25) is 0 Å². The summed E-state index contributed by atoms with van der Waals surface area (Å²) in [6, 6.07) is 7.13. The lowest BCUT2D eigenvalue weighted by Gasteiger charge is -2.27. The second-order valence-electron chi connectivity index (χ2n) is 5.81. The third-order valence-electron chi connectivity index (χ3n) is 4.22. The molecule has 0 amide bonds. The number of rotatable bonds is 4. The lowest BCUT2D eigenvalue weighted by atomic mass is 9.83. The fourth-order valence-electron chi connectivity index (χ4n) is 2.75. The van der Waals surface area contributed by atoms with E-state index in [0.29, 0.717) is 6.04 Å². The molecule has 0 unspecified atom stereocenters. The van der Waals surface area contributed by atoms with Gasteiger partial charge >= 0.3 is 0 Å². The first-order valence-electron chi connectivity index (χ1n) is 7.14. The minimum atomic E-state index is -0.160. The van der Waals surface area contributed by atoms with Crippen LogP contribution in [0.15, 0.2) is 24.3 Å². The van der Waals surface area contributed by atoms with Gasteiger partial charge in [0.1, 0.15) is 5.82 Å². The van der Waals surface area contributed by atoms with E-state index in [1.807, 2.05) is 12.1 Å². The van der Waals surface area contributed by atoms with Crippen molar-refractivity contribution in [2.45, 2.75) is 45.6 Å². The third-order valence-corrected chi connectivity index (χ3v) is 4.22. The minimum Gasteiger partial charge on any atom is -0.310 e. The van der Waals surface area contributed by atoms with Crippen molar-refractivity contribution >= 4 is 0 Å². The molecule has 100 valence electrons. The summed E-state index contributed by atoms with van der Waals surface area (Å²) in [5.41, 5.74) is 1.17. The molecule has 0 aliphatic heterocycles. The summed E-state index contributed by atoms with van der Waals surface area (Å²) in [5, 5.41) is 3.58. The van der Waals surface area contributed by atoms with Gasteiger partial charge in [0.2, 0.25) is 0 Å². The van der Waals surface area contributed by atoms with Gasteiger partial charge in [-0.1, -0.05) is 31.9 Å². The van der Waals surface area contributed by atoms with Gasteiger partial charge in [0, 0.05) is 6.04 Å². The molecule has 0 spiro atoms. The third kappa shape index (κ3) is 3.81. The Morgan fingerprint density at radius 1 is 1.17 bits per heavy atom. The molecule has 1 atom stereocenters. The molecule has 0 heterocycles.